The third kappa shape index (κ3) is 3.65. The van der Waals surface area contributed by atoms with Crippen molar-refractivity contribution < 1.29 is 19.4 Å². The average Bonchev–Trinajstić information content (AvgIpc) is 2.36. The summed E-state index contributed by atoms with van der Waals surface area (Å²) < 4.78 is 4.90. The van der Waals surface area contributed by atoms with E-state index >= 15 is 0 Å². The van der Waals surface area contributed by atoms with E-state index in [2.05, 4.69) is 10.6 Å². The maximum absolute atomic E-state index is 11.7. The van der Waals surface area contributed by atoms with Gasteiger partial charge in [-0.25, -0.2) is 0 Å². The number of carbonyl (C=O) groups is 2. The lowest BCUT2D eigenvalue weighted by molar-refractivity contribution is -0.120. The van der Waals surface area contributed by atoms with Crippen LogP contribution in [0.5, 0.6) is 11.5 Å². The number of phenolic OH excluding ortho intramolecular Hbond substituents is 1. The van der Waals surface area contributed by atoms with Gasteiger partial charge in [-0.05, 0) is 19.1 Å². The van der Waals surface area contributed by atoms with Crippen LogP contribution in [0.3, 0.4) is 0 Å². The molecule has 0 atom stereocenters. The Hall–Kier alpha value is -2.24. The average molecular weight is 252 g/mol. The van der Waals surface area contributed by atoms with Gasteiger partial charge in [-0.2, -0.15) is 0 Å². The third-order valence-electron chi connectivity index (χ3n) is 2.23. The lowest BCUT2D eigenvalue weighted by Gasteiger charge is -2.08. The van der Waals surface area contributed by atoms with Crippen molar-refractivity contribution >= 4 is 11.8 Å². The molecule has 3 N–H and O–H groups in total. The van der Waals surface area contributed by atoms with Gasteiger partial charge in [0.2, 0.25) is 5.91 Å². The van der Waals surface area contributed by atoms with Crippen molar-refractivity contribution in [3.63, 3.8) is 0 Å². The van der Waals surface area contributed by atoms with Crippen LogP contribution in [-0.2, 0) is 4.79 Å². The molecule has 0 heterocycles. The number of carbonyl (C=O) groups excluding carboxylic acids is 2. The first kappa shape index (κ1) is 13.8. The number of hydrogen-bond acceptors (Lipinski definition) is 4. The Morgan fingerprint density at radius 1 is 1.33 bits per heavy atom. The van der Waals surface area contributed by atoms with Crippen LogP contribution in [-0.4, -0.2) is 37.1 Å². The predicted molar refractivity (Wildman–Crippen MR) is 65.7 cm³/mol. The number of nitrogens with one attached hydrogen (secondary N) is 2. The van der Waals surface area contributed by atoms with Crippen LogP contribution in [0.15, 0.2) is 18.2 Å². The second kappa shape index (κ2) is 6.48. The number of benzene rings is 1. The molecule has 0 aliphatic rings. The van der Waals surface area contributed by atoms with Gasteiger partial charge in [-0.15, -0.1) is 0 Å². The van der Waals surface area contributed by atoms with Crippen LogP contribution in [0.1, 0.15) is 17.3 Å². The van der Waals surface area contributed by atoms with Crippen molar-refractivity contribution in [2.24, 2.45) is 0 Å². The Balaban J connectivity index is 2.64. The van der Waals surface area contributed by atoms with E-state index in [9.17, 15) is 14.7 Å². The van der Waals surface area contributed by atoms with Crippen LogP contribution in [0, 0.1) is 0 Å². The maximum Gasteiger partial charge on any atom is 0.255 e. The van der Waals surface area contributed by atoms with Gasteiger partial charge in [0, 0.05) is 12.6 Å². The van der Waals surface area contributed by atoms with Crippen molar-refractivity contribution in [3.05, 3.63) is 23.8 Å². The highest BCUT2D eigenvalue weighted by molar-refractivity contribution is 5.98. The minimum absolute atomic E-state index is 0.0973. The summed E-state index contributed by atoms with van der Waals surface area (Å²) in [7, 11) is 1.46. The van der Waals surface area contributed by atoms with Gasteiger partial charge < -0.3 is 20.5 Å². The number of hydrogen-bond donors (Lipinski definition) is 3. The van der Waals surface area contributed by atoms with Crippen molar-refractivity contribution in [2.45, 2.75) is 6.92 Å². The van der Waals surface area contributed by atoms with E-state index in [-0.39, 0.29) is 23.8 Å². The molecule has 6 nitrogen and oxygen atoms in total. The Labute approximate surface area is 105 Å². The van der Waals surface area contributed by atoms with E-state index < -0.39 is 5.91 Å². The molecular formula is C12H16N2O4. The number of methoxy groups -OCH3 is 1. The molecule has 0 fully saturated rings. The van der Waals surface area contributed by atoms with Gasteiger partial charge in [-0.3, -0.25) is 9.59 Å². The van der Waals surface area contributed by atoms with Gasteiger partial charge in [-0.1, -0.05) is 0 Å². The number of aromatic hydroxyl groups is 1. The van der Waals surface area contributed by atoms with E-state index in [1.54, 1.807) is 13.0 Å². The molecule has 0 unspecified atom stereocenters. The van der Waals surface area contributed by atoms with E-state index in [0.717, 1.165) is 0 Å². The van der Waals surface area contributed by atoms with Crippen molar-refractivity contribution in [2.75, 3.05) is 20.2 Å². The Morgan fingerprint density at radius 3 is 2.61 bits per heavy atom. The summed E-state index contributed by atoms with van der Waals surface area (Å²) in [6.07, 6.45) is 0. The largest absolute Gasteiger partial charge is 0.507 e. The van der Waals surface area contributed by atoms with Gasteiger partial charge in [0.1, 0.15) is 11.5 Å². The molecule has 0 spiro atoms. The normalized spacial score (nSPS) is 9.67. The van der Waals surface area contributed by atoms with Crippen molar-refractivity contribution in [1.82, 2.24) is 10.6 Å². The van der Waals surface area contributed by atoms with Gasteiger partial charge >= 0.3 is 0 Å². The Bertz CT molecular complexity index is 446. The highest BCUT2D eigenvalue weighted by Gasteiger charge is 2.12. The van der Waals surface area contributed by atoms with E-state index in [0.29, 0.717) is 12.3 Å². The summed E-state index contributed by atoms with van der Waals surface area (Å²) in [5, 5.41) is 14.6. The first-order chi connectivity index (χ1) is 8.58. The maximum atomic E-state index is 11.7. The van der Waals surface area contributed by atoms with Gasteiger partial charge in [0.15, 0.2) is 0 Å². The monoisotopic (exact) mass is 252 g/mol. The summed E-state index contributed by atoms with van der Waals surface area (Å²) in [5.41, 5.74) is 0.0973. The van der Waals surface area contributed by atoms with Gasteiger partial charge in [0.25, 0.3) is 5.91 Å². The summed E-state index contributed by atoms with van der Waals surface area (Å²) in [6.45, 7) is 2.16. The Kier molecular flexibility index (Phi) is 4.98. The molecule has 0 bridgehead atoms. The molecule has 98 valence electrons. The minimum Gasteiger partial charge on any atom is -0.507 e. The molecule has 0 aromatic heterocycles. The number of rotatable bonds is 5. The lowest BCUT2D eigenvalue weighted by Crippen LogP contribution is -2.36. The van der Waals surface area contributed by atoms with Gasteiger partial charge in [0.05, 0.1) is 19.2 Å². The summed E-state index contributed by atoms with van der Waals surface area (Å²) in [6, 6.07) is 4.32. The van der Waals surface area contributed by atoms with E-state index in [4.69, 9.17) is 4.74 Å². The standard InChI is InChI=1S/C12H16N2O4/c1-3-13-11(16)7-14-12(17)9-5-4-8(18-2)6-10(9)15/h4-6,15H,3,7H2,1-2H3,(H,13,16)(H,14,17). The molecular weight excluding hydrogens is 236 g/mol. The molecule has 18 heavy (non-hydrogen) atoms. The summed E-state index contributed by atoms with van der Waals surface area (Å²) in [5.74, 6) is -0.532. The molecule has 6 heteroatoms. The fourth-order valence-corrected chi connectivity index (χ4v) is 1.35. The smallest absolute Gasteiger partial charge is 0.255 e. The molecule has 1 rings (SSSR count). The second-order valence-corrected chi connectivity index (χ2v) is 3.52. The van der Waals surface area contributed by atoms with E-state index in [1.807, 2.05) is 0 Å². The van der Waals surface area contributed by atoms with Crippen LogP contribution >= 0.6 is 0 Å². The first-order valence-corrected chi connectivity index (χ1v) is 5.50. The predicted octanol–water partition coefficient (Wildman–Crippen LogP) is 0.267. The summed E-state index contributed by atoms with van der Waals surface area (Å²) in [4.78, 5) is 22.8. The molecule has 0 aliphatic carbocycles. The van der Waals surface area contributed by atoms with E-state index in [1.165, 1.54) is 19.2 Å². The number of amides is 2. The Morgan fingerprint density at radius 2 is 2.06 bits per heavy atom. The molecule has 0 saturated carbocycles. The number of phenols is 1. The van der Waals surface area contributed by atoms with Crippen LogP contribution < -0.4 is 15.4 Å². The molecule has 2 amide bonds. The SMILES string of the molecule is CCNC(=O)CNC(=O)c1ccc(OC)cc1O. The molecule has 0 aliphatic heterocycles. The fourth-order valence-electron chi connectivity index (χ4n) is 1.35. The highest BCUT2D eigenvalue weighted by atomic mass is 16.5. The van der Waals surface area contributed by atoms with Crippen molar-refractivity contribution in [3.8, 4) is 11.5 Å². The summed E-state index contributed by atoms with van der Waals surface area (Å²) >= 11 is 0. The first-order valence-electron chi connectivity index (χ1n) is 5.50. The lowest BCUT2D eigenvalue weighted by atomic mass is 10.2. The van der Waals surface area contributed by atoms with Crippen molar-refractivity contribution in [1.29, 1.82) is 0 Å². The highest BCUT2D eigenvalue weighted by Crippen LogP contribution is 2.22. The molecule has 1 aromatic carbocycles. The molecule has 0 saturated heterocycles. The fraction of sp³-hybridized carbons (Fsp3) is 0.333. The quantitative estimate of drug-likeness (QED) is 0.701. The van der Waals surface area contributed by atoms with Crippen LogP contribution in [0.25, 0.3) is 0 Å². The second-order valence-electron chi connectivity index (χ2n) is 3.52. The molecule has 1 aromatic rings. The number of likely N-dealkylation sites (N-methyl/N-ethyl adjacent to an activating group) is 1. The zero-order valence-electron chi connectivity index (χ0n) is 10.3. The zero-order valence-corrected chi connectivity index (χ0v) is 10.3. The number of ether oxygens (including phenoxy) is 1. The van der Waals surface area contributed by atoms with Crippen LogP contribution in [0.4, 0.5) is 0 Å². The van der Waals surface area contributed by atoms with Crippen LogP contribution in [0.2, 0.25) is 0 Å². The minimum atomic E-state index is -0.513. The zero-order chi connectivity index (χ0) is 13.5. The third-order valence-corrected chi connectivity index (χ3v) is 2.23. The topological polar surface area (TPSA) is 87.7 Å². The molecule has 0 radical (unpaired) electrons.